The first-order chi connectivity index (χ1) is 5.65. The van der Waals surface area contributed by atoms with E-state index >= 15 is 0 Å². The van der Waals surface area contributed by atoms with Gasteiger partial charge in [0.25, 0.3) is 0 Å². The predicted octanol–water partition coefficient (Wildman–Crippen LogP) is 3.04. The van der Waals surface area contributed by atoms with E-state index in [1.807, 2.05) is 45.1 Å². The smallest absolute Gasteiger partial charge is 0.121 e. The molecule has 0 spiro atoms. The van der Waals surface area contributed by atoms with Crippen molar-refractivity contribution in [2.45, 2.75) is 20.8 Å². The van der Waals surface area contributed by atoms with Crippen LogP contribution >= 0.6 is 0 Å². The molecule has 0 aromatic heterocycles. The zero-order chi connectivity index (χ0) is 9.14. The fourth-order valence-electron chi connectivity index (χ4n) is 1.28. The quantitative estimate of drug-likeness (QED) is 0.673. The maximum absolute atomic E-state index is 9.47. The van der Waals surface area contributed by atoms with E-state index in [-0.39, 0.29) is 0 Å². The number of aromatic hydroxyl groups is 1. The number of benzene rings is 1. The van der Waals surface area contributed by atoms with Crippen LogP contribution in [0.1, 0.15) is 23.6 Å². The van der Waals surface area contributed by atoms with Gasteiger partial charge >= 0.3 is 0 Å². The second-order valence-corrected chi connectivity index (χ2v) is 3.00. The Hall–Kier alpha value is -1.24. The van der Waals surface area contributed by atoms with Crippen molar-refractivity contribution in [1.82, 2.24) is 0 Å². The number of allylic oxidation sites excluding steroid dienone is 1. The van der Waals surface area contributed by atoms with Crippen molar-refractivity contribution in [2.75, 3.05) is 0 Å². The topological polar surface area (TPSA) is 20.2 Å². The summed E-state index contributed by atoms with van der Waals surface area (Å²) in [5.41, 5.74) is 3.01. The summed E-state index contributed by atoms with van der Waals surface area (Å²) in [6.45, 7) is 5.81. The molecule has 1 rings (SSSR count). The van der Waals surface area contributed by atoms with Crippen LogP contribution in [-0.2, 0) is 0 Å². The van der Waals surface area contributed by atoms with E-state index in [1.165, 1.54) is 0 Å². The summed E-state index contributed by atoms with van der Waals surface area (Å²) in [5, 5.41) is 9.47. The number of aryl methyl sites for hydroxylation is 2. The molecular formula is C11H14O. The molecule has 1 aromatic carbocycles. The first kappa shape index (κ1) is 8.85. The highest BCUT2D eigenvalue weighted by molar-refractivity contribution is 5.55. The zero-order valence-corrected chi connectivity index (χ0v) is 7.76. The summed E-state index contributed by atoms with van der Waals surface area (Å²) in [7, 11) is 0. The Morgan fingerprint density at radius 1 is 1.17 bits per heavy atom. The molecule has 0 radical (unpaired) electrons. The van der Waals surface area contributed by atoms with Gasteiger partial charge in [-0.05, 0) is 49.6 Å². The summed E-state index contributed by atoms with van der Waals surface area (Å²) < 4.78 is 0. The third-order valence-electron chi connectivity index (χ3n) is 1.87. The normalized spacial score (nSPS) is 10.9. The molecule has 0 aliphatic heterocycles. The first-order valence-electron chi connectivity index (χ1n) is 4.08. The highest BCUT2D eigenvalue weighted by Crippen LogP contribution is 2.23. The summed E-state index contributed by atoms with van der Waals surface area (Å²) in [6.07, 6.45) is 4.02. The standard InChI is InChI=1S/C11H14O/c1-4-5-10-6-8(2)11(12)9(3)7-10/h4-7,12H,1-3H3/b5-4+. The van der Waals surface area contributed by atoms with Gasteiger partial charge in [-0.2, -0.15) is 0 Å². The molecule has 0 aliphatic carbocycles. The molecule has 0 fully saturated rings. The molecule has 0 unspecified atom stereocenters. The van der Waals surface area contributed by atoms with Gasteiger partial charge in [-0.3, -0.25) is 0 Å². The van der Waals surface area contributed by atoms with Crippen LogP contribution in [0.25, 0.3) is 6.08 Å². The molecule has 1 N–H and O–H groups in total. The Balaban J connectivity index is 3.21. The van der Waals surface area contributed by atoms with Gasteiger partial charge in [-0.15, -0.1) is 0 Å². The maximum atomic E-state index is 9.47. The molecule has 0 atom stereocenters. The van der Waals surface area contributed by atoms with Crippen molar-refractivity contribution in [2.24, 2.45) is 0 Å². The molecule has 1 heteroatoms. The molecule has 0 saturated heterocycles. The predicted molar refractivity (Wildman–Crippen MR) is 52.3 cm³/mol. The minimum absolute atomic E-state index is 0.406. The summed E-state index contributed by atoms with van der Waals surface area (Å²) in [6, 6.07) is 3.95. The second kappa shape index (κ2) is 3.44. The number of hydrogen-bond donors (Lipinski definition) is 1. The van der Waals surface area contributed by atoms with E-state index in [4.69, 9.17) is 0 Å². The van der Waals surface area contributed by atoms with Crippen LogP contribution < -0.4 is 0 Å². The lowest BCUT2D eigenvalue weighted by Gasteiger charge is -2.04. The molecule has 0 amide bonds. The van der Waals surface area contributed by atoms with Gasteiger partial charge in [0.1, 0.15) is 5.75 Å². The number of phenols is 1. The molecule has 0 bridgehead atoms. The van der Waals surface area contributed by atoms with Gasteiger partial charge in [-0.25, -0.2) is 0 Å². The third kappa shape index (κ3) is 1.67. The highest BCUT2D eigenvalue weighted by atomic mass is 16.3. The molecule has 0 aliphatic rings. The van der Waals surface area contributed by atoms with E-state index in [0.29, 0.717) is 5.75 Å². The van der Waals surface area contributed by atoms with Gasteiger partial charge < -0.3 is 5.11 Å². The lowest BCUT2D eigenvalue weighted by molar-refractivity contribution is 0.467. The Kier molecular flexibility index (Phi) is 2.54. The zero-order valence-electron chi connectivity index (χ0n) is 7.76. The minimum Gasteiger partial charge on any atom is -0.507 e. The Bertz CT molecular complexity index is 288. The second-order valence-electron chi connectivity index (χ2n) is 3.00. The van der Waals surface area contributed by atoms with E-state index in [0.717, 1.165) is 16.7 Å². The molecule has 1 aromatic rings. The molecule has 12 heavy (non-hydrogen) atoms. The Morgan fingerprint density at radius 2 is 1.67 bits per heavy atom. The molecule has 0 heterocycles. The Morgan fingerprint density at radius 3 is 2.08 bits per heavy atom. The van der Waals surface area contributed by atoms with E-state index in [2.05, 4.69) is 0 Å². The van der Waals surface area contributed by atoms with Crippen molar-refractivity contribution in [3.05, 3.63) is 34.9 Å². The van der Waals surface area contributed by atoms with Gasteiger partial charge in [0.15, 0.2) is 0 Å². The van der Waals surface area contributed by atoms with Gasteiger partial charge in [0.05, 0.1) is 0 Å². The highest BCUT2D eigenvalue weighted by Gasteiger charge is 2.00. The van der Waals surface area contributed by atoms with Crippen LogP contribution in [0.15, 0.2) is 18.2 Å². The molecule has 64 valence electrons. The van der Waals surface area contributed by atoms with Gasteiger partial charge in [0.2, 0.25) is 0 Å². The van der Waals surface area contributed by atoms with Crippen LogP contribution in [0.4, 0.5) is 0 Å². The summed E-state index contributed by atoms with van der Waals surface area (Å²) in [4.78, 5) is 0. The van der Waals surface area contributed by atoms with E-state index in [1.54, 1.807) is 0 Å². The third-order valence-corrected chi connectivity index (χ3v) is 1.87. The lowest BCUT2D eigenvalue weighted by atomic mass is 10.1. The summed E-state index contributed by atoms with van der Waals surface area (Å²) >= 11 is 0. The lowest BCUT2D eigenvalue weighted by Crippen LogP contribution is -1.82. The molecule has 0 saturated carbocycles. The largest absolute Gasteiger partial charge is 0.507 e. The van der Waals surface area contributed by atoms with Crippen molar-refractivity contribution in [3.63, 3.8) is 0 Å². The number of hydrogen-bond acceptors (Lipinski definition) is 1. The average molecular weight is 162 g/mol. The number of rotatable bonds is 1. The monoisotopic (exact) mass is 162 g/mol. The maximum Gasteiger partial charge on any atom is 0.121 e. The molecular weight excluding hydrogens is 148 g/mol. The van der Waals surface area contributed by atoms with Crippen LogP contribution in [0.2, 0.25) is 0 Å². The van der Waals surface area contributed by atoms with Crippen molar-refractivity contribution in [1.29, 1.82) is 0 Å². The fourth-order valence-corrected chi connectivity index (χ4v) is 1.28. The molecule has 1 nitrogen and oxygen atoms in total. The Labute approximate surface area is 73.4 Å². The number of phenolic OH excluding ortho intramolecular Hbond substituents is 1. The minimum atomic E-state index is 0.406. The van der Waals surface area contributed by atoms with E-state index < -0.39 is 0 Å². The van der Waals surface area contributed by atoms with Crippen LogP contribution in [0.5, 0.6) is 5.75 Å². The fraction of sp³-hybridized carbons (Fsp3) is 0.273. The average Bonchev–Trinajstić information content (AvgIpc) is 2.01. The van der Waals surface area contributed by atoms with Gasteiger partial charge in [-0.1, -0.05) is 12.2 Å². The van der Waals surface area contributed by atoms with Crippen LogP contribution in [-0.4, -0.2) is 5.11 Å². The van der Waals surface area contributed by atoms with Crippen molar-refractivity contribution >= 4 is 6.08 Å². The van der Waals surface area contributed by atoms with Crippen LogP contribution in [0.3, 0.4) is 0 Å². The summed E-state index contributed by atoms with van der Waals surface area (Å²) in [5.74, 6) is 0.406. The van der Waals surface area contributed by atoms with Crippen LogP contribution in [0, 0.1) is 13.8 Å². The SMILES string of the molecule is C/C=C/c1cc(C)c(O)c(C)c1. The van der Waals surface area contributed by atoms with E-state index in [9.17, 15) is 5.11 Å². The van der Waals surface area contributed by atoms with Crippen molar-refractivity contribution in [3.8, 4) is 5.75 Å². The van der Waals surface area contributed by atoms with Gasteiger partial charge in [0, 0.05) is 0 Å². The first-order valence-corrected chi connectivity index (χ1v) is 4.08. The van der Waals surface area contributed by atoms with Crippen molar-refractivity contribution < 1.29 is 5.11 Å².